The van der Waals surface area contributed by atoms with E-state index in [-0.39, 0.29) is 18.3 Å². The van der Waals surface area contributed by atoms with Crippen LogP contribution in [0.25, 0.3) is 6.08 Å². The van der Waals surface area contributed by atoms with E-state index in [1.807, 2.05) is 52.9 Å². The van der Waals surface area contributed by atoms with Crippen molar-refractivity contribution >= 4 is 46.7 Å². The summed E-state index contributed by atoms with van der Waals surface area (Å²) in [6, 6.07) is 16.4. The standard InChI is InChI=1S/C28H22N2O5S/c1-2-35-28(34)17-9-11-18(12-10-17)30-26(32)21-22(27(30)33)24(25(31)20-8-5-15-36-20)29-14-13-16-6-3-4-7-19(16)23(21)29/h3-15,21-24H,2H2,1H3/t21-,22+,23+,24+/m0/s1. The normalized spacial score (nSPS) is 23.9. The number of ketones is 1. The highest BCUT2D eigenvalue weighted by molar-refractivity contribution is 7.12. The number of hydrogen-bond acceptors (Lipinski definition) is 7. The van der Waals surface area contributed by atoms with Crippen molar-refractivity contribution in [1.29, 1.82) is 0 Å². The van der Waals surface area contributed by atoms with Gasteiger partial charge in [0.1, 0.15) is 6.04 Å². The number of benzene rings is 2. The second-order valence-corrected chi connectivity index (χ2v) is 9.90. The molecule has 0 aliphatic carbocycles. The summed E-state index contributed by atoms with van der Waals surface area (Å²) in [7, 11) is 0. The molecule has 3 aromatic rings. The van der Waals surface area contributed by atoms with Gasteiger partial charge in [-0.05, 0) is 59.8 Å². The molecule has 0 N–H and O–H groups in total. The summed E-state index contributed by atoms with van der Waals surface area (Å²) in [5.41, 5.74) is 2.61. The third-order valence-electron chi connectivity index (χ3n) is 7.13. The molecule has 3 aliphatic heterocycles. The minimum Gasteiger partial charge on any atom is -0.462 e. The Labute approximate surface area is 211 Å². The summed E-state index contributed by atoms with van der Waals surface area (Å²) in [5.74, 6) is -2.89. The van der Waals surface area contributed by atoms with Crippen LogP contribution in [-0.4, -0.2) is 41.1 Å². The van der Waals surface area contributed by atoms with Crippen molar-refractivity contribution < 1.29 is 23.9 Å². The first kappa shape index (κ1) is 22.4. The second-order valence-electron chi connectivity index (χ2n) is 8.95. The summed E-state index contributed by atoms with van der Waals surface area (Å²) in [6.07, 6.45) is 3.78. The summed E-state index contributed by atoms with van der Waals surface area (Å²) in [5, 5.41) is 1.83. The number of carbonyl (C=O) groups excluding carboxylic acids is 4. The number of nitrogens with zero attached hydrogens (tertiary/aromatic N) is 2. The summed E-state index contributed by atoms with van der Waals surface area (Å²) < 4.78 is 5.03. The molecular formula is C28H22N2O5S. The third kappa shape index (κ3) is 3.25. The molecule has 0 radical (unpaired) electrons. The average molecular weight is 499 g/mol. The average Bonchev–Trinajstić information content (AvgIpc) is 3.60. The summed E-state index contributed by atoms with van der Waals surface area (Å²) >= 11 is 1.33. The molecule has 0 spiro atoms. The molecule has 4 heterocycles. The molecule has 2 aromatic carbocycles. The van der Waals surface area contributed by atoms with Crippen molar-refractivity contribution in [3.63, 3.8) is 0 Å². The minimum atomic E-state index is -0.822. The fraction of sp³-hybridized carbons (Fsp3) is 0.214. The quantitative estimate of drug-likeness (QED) is 0.296. The molecule has 2 fully saturated rings. The van der Waals surface area contributed by atoms with Crippen LogP contribution in [0.4, 0.5) is 5.69 Å². The number of Topliss-reactive ketones (excluding diaryl/α,β-unsaturated/α-hetero) is 1. The molecule has 7 nitrogen and oxygen atoms in total. The number of esters is 1. The van der Waals surface area contributed by atoms with E-state index in [0.29, 0.717) is 16.1 Å². The van der Waals surface area contributed by atoms with Crippen LogP contribution < -0.4 is 4.90 Å². The first-order chi connectivity index (χ1) is 17.5. The lowest BCUT2D eigenvalue weighted by Gasteiger charge is -2.35. The van der Waals surface area contributed by atoms with E-state index in [2.05, 4.69) is 0 Å². The van der Waals surface area contributed by atoms with E-state index in [4.69, 9.17) is 4.74 Å². The maximum Gasteiger partial charge on any atom is 0.338 e. The van der Waals surface area contributed by atoms with Gasteiger partial charge in [0.05, 0.1) is 40.6 Å². The van der Waals surface area contributed by atoms with Gasteiger partial charge in [-0.15, -0.1) is 11.3 Å². The molecule has 36 heavy (non-hydrogen) atoms. The SMILES string of the molecule is CCOC(=O)c1ccc(N2C(=O)[C@@H]3[C@H](C2=O)[C@H]2c4ccccc4C=CN2[C@H]3C(=O)c2cccs2)cc1. The van der Waals surface area contributed by atoms with Crippen LogP contribution in [0.2, 0.25) is 0 Å². The largest absolute Gasteiger partial charge is 0.462 e. The van der Waals surface area contributed by atoms with E-state index in [9.17, 15) is 19.2 Å². The van der Waals surface area contributed by atoms with Crippen LogP contribution in [0, 0.1) is 11.8 Å². The Hall–Kier alpha value is -4.04. The number of ether oxygens (including phenoxy) is 1. The van der Waals surface area contributed by atoms with Crippen LogP contribution >= 0.6 is 11.3 Å². The molecule has 0 unspecified atom stereocenters. The molecular weight excluding hydrogens is 476 g/mol. The Balaban J connectivity index is 1.42. The molecule has 8 heteroatoms. The minimum absolute atomic E-state index is 0.160. The monoisotopic (exact) mass is 498 g/mol. The first-order valence-electron chi connectivity index (χ1n) is 11.8. The van der Waals surface area contributed by atoms with Crippen LogP contribution in [0.1, 0.15) is 44.1 Å². The number of imide groups is 1. The summed E-state index contributed by atoms with van der Waals surface area (Å²) in [6.45, 7) is 1.98. The first-order valence-corrected chi connectivity index (χ1v) is 12.7. The zero-order chi connectivity index (χ0) is 25.0. The Kier molecular flexibility index (Phi) is 5.34. The number of thiophene rings is 1. The van der Waals surface area contributed by atoms with E-state index in [0.717, 1.165) is 11.1 Å². The lowest BCUT2D eigenvalue weighted by Crippen LogP contribution is -2.44. The Morgan fingerprint density at radius 2 is 1.69 bits per heavy atom. The smallest absolute Gasteiger partial charge is 0.338 e. The highest BCUT2D eigenvalue weighted by atomic mass is 32.1. The van der Waals surface area contributed by atoms with E-state index in [1.54, 1.807) is 37.3 Å². The molecule has 3 aliphatic rings. The van der Waals surface area contributed by atoms with Crippen molar-refractivity contribution in [2.45, 2.75) is 19.0 Å². The topological polar surface area (TPSA) is 84.0 Å². The van der Waals surface area contributed by atoms with Gasteiger partial charge in [0.15, 0.2) is 5.78 Å². The number of fused-ring (bicyclic) bond motifs is 5. The number of carbonyl (C=O) groups is 4. The van der Waals surface area contributed by atoms with Gasteiger partial charge < -0.3 is 9.64 Å². The second kappa shape index (κ2) is 8.57. The highest BCUT2D eigenvalue weighted by Gasteiger charge is 2.64. The number of amides is 2. The van der Waals surface area contributed by atoms with E-state index >= 15 is 0 Å². The fourth-order valence-electron chi connectivity index (χ4n) is 5.64. The molecule has 1 aromatic heterocycles. The van der Waals surface area contributed by atoms with Crippen LogP contribution in [0.3, 0.4) is 0 Å². The molecule has 2 amide bonds. The van der Waals surface area contributed by atoms with Gasteiger partial charge in [-0.1, -0.05) is 30.3 Å². The van der Waals surface area contributed by atoms with Crippen LogP contribution in [0.15, 0.2) is 72.2 Å². The Bertz CT molecular complexity index is 1410. The molecule has 0 saturated carbocycles. The van der Waals surface area contributed by atoms with Crippen molar-refractivity contribution in [3.05, 3.63) is 93.8 Å². The number of hydrogen-bond donors (Lipinski definition) is 0. The van der Waals surface area contributed by atoms with Gasteiger partial charge in [-0.25, -0.2) is 9.69 Å². The molecule has 180 valence electrons. The Morgan fingerprint density at radius 1 is 0.944 bits per heavy atom. The number of rotatable bonds is 5. The van der Waals surface area contributed by atoms with E-state index in [1.165, 1.54) is 16.2 Å². The maximum absolute atomic E-state index is 13.9. The zero-order valence-electron chi connectivity index (χ0n) is 19.4. The van der Waals surface area contributed by atoms with Crippen LogP contribution in [-0.2, 0) is 14.3 Å². The number of anilines is 1. The molecule has 6 rings (SSSR count). The van der Waals surface area contributed by atoms with Crippen molar-refractivity contribution in [2.24, 2.45) is 11.8 Å². The van der Waals surface area contributed by atoms with Crippen LogP contribution in [0.5, 0.6) is 0 Å². The zero-order valence-corrected chi connectivity index (χ0v) is 20.2. The summed E-state index contributed by atoms with van der Waals surface area (Å²) in [4.78, 5) is 57.1. The van der Waals surface area contributed by atoms with Gasteiger partial charge in [0.2, 0.25) is 11.8 Å². The highest BCUT2D eigenvalue weighted by Crippen LogP contribution is 2.53. The van der Waals surface area contributed by atoms with Gasteiger partial charge in [0, 0.05) is 6.20 Å². The lowest BCUT2D eigenvalue weighted by molar-refractivity contribution is -0.123. The molecule has 0 bridgehead atoms. The predicted octanol–water partition coefficient (Wildman–Crippen LogP) is 4.32. The molecule has 4 atom stereocenters. The lowest BCUT2D eigenvalue weighted by atomic mass is 9.84. The van der Waals surface area contributed by atoms with Gasteiger partial charge in [0.25, 0.3) is 0 Å². The third-order valence-corrected chi connectivity index (χ3v) is 8.02. The fourth-order valence-corrected chi connectivity index (χ4v) is 6.33. The van der Waals surface area contributed by atoms with Crippen molar-refractivity contribution in [1.82, 2.24) is 4.90 Å². The van der Waals surface area contributed by atoms with Gasteiger partial charge in [-0.3, -0.25) is 14.4 Å². The van der Waals surface area contributed by atoms with Crippen molar-refractivity contribution in [2.75, 3.05) is 11.5 Å². The maximum atomic E-state index is 13.9. The van der Waals surface area contributed by atoms with Gasteiger partial charge in [-0.2, -0.15) is 0 Å². The van der Waals surface area contributed by atoms with Crippen molar-refractivity contribution in [3.8, 4) is 0 Å². The molecule has 2 saturated heterocycles. The van der Waals surface area contributed by atoms with Gasteiger partial charge >= 0.3 is 5.97 Å². The predicted molar refractivity (Wildman–Crippen MR) is 134 cm³/mol. The van der Waals surface area contributed by atoms with E-state index < -0.39 is 35.8 Å². The Morgan fingerprint density at radius 3 is 2.42 bits per heavy atom.